The highest BCUT2D eigenvalue weighted by molar-refractivity contribution is 7.12. The van der Waals surface area contributed by atoms with Gasteiger partial charge in [0.25, 0.3) is 5.91 Å². The maximum atomic E-state index is 12.2. The number of hydrogen-bond acceptors (Lipinski definition) is 4. The van der Waals surface area contributed by atoms with Gasteiger partial charge in [-0.3, -0.25) is 25.3 Å². The van der Waals surface area contributed by atoms with Gasteiger partial charge in [0.15, 0.2) is 0 Å². The predicted octanol–water partition coefficient (Wildman–Crippen LogP) is 2.93. The van der Waals surface area contributed by atoms with Crippen molar-refractivity contribution in [1.29, 1.82) is 0 Å². The summed E-state index contributed by atoms with van der Waals surface area (Å²) < 4.78 is 0. The fourth-order valence-electron chi connectivity index (χ4n) is 2.97. The third-order valence-corrected chi connectivity index (χ3v) is 5.34. The summed E-state index contributed by atoms with van der Waals surface area (Å²) in [5, 5.41) is 1.83. The Bertz CT molecular complexity index is 736. The average Bonchev–Trinajstić information content (AvgIpc) is 3.22. The molecule has 1 aromatic heterocycles. The van der Waals surface area contributed by atoms with E-state index in [1.807, 2.05) is 29.6 Å². The summed E-state index contributed by atoms with van der Waals surface area (Å²) in [7, 11) is 0. The zero-order valence-electron chi connectivity index (χ0n) is 14.6. The molecule has 1 aliphatic heterocycles. The van der Waals surface area contributed by atoms with Gasteiger partial charge in [-0.05, 0) is 42.9 Å². The van der Waals surface area contributed by atoms with Crippen LogP contribution in [0.5, 0.6) is 0 Å². The second-order valence-corrected chi connectivity index (χ2v) is 7.26. The standard InChI is InChI=1S/C20H23N3O2S/c24-19(21-22-20(25)18-9-5-15-26-18)17-10-13-23(14-11-17)12-4-8-16-6-2-1-3-7-16/h1-9,15,17H,10-14H2,(H,21,24)(H,22,25)/b8-4+. The molecule has 2 amide bonds. The van der Waals surface area contributed by atoms with Crippen LogP contribution in [0, 0.1) is 5.92 Å². The van der Waals surface area contributed by atoms with E-state index in [4.69, 9.17) is 0 Å². The Labute approximate surface area is 157 Å². The number of likely N-dealkylation sites (tertiary alicyclic amines) is 1. The molecular weight excluding hydrogens is 346 g/mol. The van der Waals surface area contributed by atoms with E-state index in [0.717, 1.165) is 32.5 Å². The fraction of sp³-hybridized carbons (Fsp3) is 0.300. The van der Waals surface area contributed by atoms with Gasteiger partial charge in [0.1, 0.15) is 0 Å². The summed E-state index contributed by atoms with van der Waals surface area (Å²) in [4.78, 5) is 27.0. The van der Waals surface area contributed by atoms with Crippen LogP contribution in [-0.4, -0.2) is 36.3 Å². The first-order valence-corrected chi connectivity index (χ1v) is 9.68. The first kappa shape index (κ1) is 18.4. The topological polar surface area (TPSA) is 61.4 Å². The number of hydrazine groups is 1. The van der Waals surface area contributed by atoms with E-state index < -0.39 is 0 Å². The molecule has 1 saturated heterocycles. The first-order chi connectivity index (χ1) is 12.7. The molecule has 0 bridgehead atoms. The van der Waals surface area contributed by atoms with Gasteiger partial charge in [0.05, 0.1) is 4.88 Å². The van der Waals surface area contributed by atoms with Crippen LogP contribution in [0.4, 0.5) is 0 Å². The zero-order chi connectivity index (χ0) is 18.2. The maximum absolute atomic E-state index is 12.2. The average molecular weight is 369 g/mol. The van der Waals surface area contributed by atoms with Crippen molar-refractivity contribution in [3.63, 3.8) is 0 Å². The molecule has 26 heavy (non-hydrogen) atoms. The molecule has 6 heteroatoms. The normalized spacial score (nSPS) is 15.8. The van der Waals surface area contributed by atoms with E-state index >= 15 is 0 Å². The van der Waals surface area contributed by atoms with E-state index in [0.29, 0.717) is 4.88 Å². The number of carbonyl (C=O) groups excluding carboxylic acids is 2. The van der Waals surface area contributed by atoms with Crippen molar-refractivity contribution in [1.82, 2.24) is 15.8 Å². The number of rotatable bonds is 5. The highest BCUT2D eigenvalue weighted by atomic mass is 32.1. The maximum Gasteiger partial charge on any atom is 0.279 e. The molecule has 2 heterocycles. The molecule has 0 aliphatic carbocycles. The Morgan fingerprint density at radius 3 is 2.54 bits per heavy atom. The summed E-state index contributed by atoms with van der Waals surface area (Å²) >= 11 is 1.35. The SMILES string of the molecule is O=C(NNC(=O)C1CCN(C/C=C/c2ccccc2)CC1)c1cccs1. The highest BCUT2D eigenvalue weighted by Gasteiger charge is 2.24. The lowest BCUT2D eigenvalue weighted by Gasteiger charge is -2.30. The van der Waals surface area contributed by atoms with Crippen LogP contribution in [0.2, 0.25) is 0 Å². The molecule has 1 aliphatic rings. The monoisotopic (exact) mass is 369 g/mol. The summed E-state index contributed by atoms with van der Waals surface area (Å²) in [6.07, 6.45) is 5.90. The van der Waals surface area contributed by atoms with Gasteiger partial charge in [0, 0.05) is 12.5 Å². The molecule has 2 N–H and O–H groups in total. The van der Waals surface area contributed by atoms with Crippen molar-refractivity contribution < 1.29 is 9.59 Å². The molecule has 0 atom stereocenters. The van der Waals surface area contributed by atoms with Gasteiger partial charge < -0.3 is 0 Å². The Morgan fingerprint density at radius 2 is 1.85 bits per heavy atom. The number of nitrogens with one attached hydrogen (secondary N) is 2. The van der Waals surface area contributed by atoms with Gasteiger partial charge in [-0.25, -0.2) is 0 Å². The van der Waals surface area contributed by atoms with Gasteiger partial charge in [-0.1, -0.05) is 48.6 Å². The van der Waals surface area contributed by atoms with E-state index in [1.165, 1.54) is 16.9 Å². The molecule has 1 fully saturated rings. The number of piperidine rings is 1. The quantitative estimate of drug-likeness (QED) is 0.797. The van der Waals surface area contributed by atoms with Crippen LogP contribution in [0.25, 0.3) is 6.08 Å². The molecule has 1 aromatic carbocycles. The van der Waals surface area contributed by atoms with Crippen LogP contribution < -0.4 is 10.9 Å². The predicted molar refractivity (Wildman–Crippen MR) is 105 cm³/mol. The van der Waals surface area contributed by atoms with Gasteiger partial charge in [-0.2, -0.15) is 0 Å². The number of nitrogens with zero attached hydrogens (tertiary/aromatic N) is 1. The van der Waals surface area contributed by atoms with Crippen molar-refractivity contribution in [2.45, 2.75) is 12.8 Å². The molecule has 3 rings (SSSR count). The minimum absolute atomic E-state index is 0.0482. The molecule has 0 spiro atoms. The molecule has 0 unspecified atom stereocenters. The number of carbonyl (C=O) groups is 2. The second kappa shape index (κ2) is 9.31. The van der Waals surface area contributed by atoms with Crippen LogP contribution in [0.3, 0.4) is 0 Å². The lowest BCUT2D eigenvalue weighted by Crippen LogP contribution is -2.47. The Balaban J connectivity index is 1.37. The van der Waals surface area contributed by atoms with Gasteiger partial charge in [0.2, 0.25) is 5.91 Å². The highest BCUT2D eigenvalue weighted by Crippen LogP contribution is 2.17. The van der Waals surface area contributed by atoms with Crippen LogP contribution in [-0.2, 0) is 4.79 Å². The summed E-state index contributed by atoms with van der Waals surface area (Å²) in [5.41, 5.74) is 6.25. The smallest absolute Gasteiger partial charge is 0.279 e. The van der Waals surface area contributed by atoms with E-state index in [9.17, 15) is 9.59 Å². The number of thiophene rings is 1. The summed E-state index contributed by atoms with van der Waals surface area (Å²) in [5.74, 6) is -0.417. The number of benzene rings is 1. The van der Waals surface area contributed by atoms with E-state index in [2.05, 4.69) is 40.0 Å². The third kappa shape index (κ3) is 5.28. The Kier molecular flexibility index (Phi) is 6.57. The molecule has 0 saturated carbocycles. The summed E-state index contributed by atoms with van der Waals surface area (Å²) in [6, 6.07) is 13.8. The van der Waals surface area contributed by atoms with E-state index in [-0.39, 0.29) is 17.7 Å². The minimum atomic E-state index is -0.267. The lowest BCUT2D eigenvalue weighted by molar-refractivity contribution is -0.127. The van der Waals surface area contributed by atoms with Crippen LogP contribution in [0.15, 0.2) is 53.9 Å². The fourth-order valence-corrected chi connectivity index (χ4v) is 3.59. The molecule has 0 radical (unpaired) electrons. The molecule has 2 aromatic rings. The van der Waals surface area contributed by atoms with Crippen molar-refractivity contribution in [2.24, 2.45) is 5.92 Å². The lowest BCUT2D eigenvalue weighted by atomic mass is 9.96. The first-order valence-electron chi connectivity index (χ1n) is 8.80. The van der Waals surface area contributed by atoms with Crippen molar-refractivity contribution >= 4 is 29.2 Å². The number of hydrogen-bond donors (Lipinski definition) is 2. The third-order valence-electron chi connectivity index (χ3n) is 4.48. The van der Waals surface area contributed by atoms with Gasteiger partial charge in [-0.15, -0.1) is 11.3 Å². The van der Waals surface area contributed by atoms with Crippen molar-refractivity contribution in [2.75, 3.05) is 19.6 Å². The Morgan fingerprint density at radius 1 is 1.08 bits per heavy atom. The summed E-state index contributed by atoms with van der Waals surface area (Å²) in [6.45, 7) is 2.66. The van der Waals surface area contributed by atoms with Crippen LogP contribution >= 0.6 is 11.3 Å². The van der Waals surface area contributed by atoms with Crippen molar-refractivity contribution in [3.05, 3.63) is 64.4 Å². The van der Waals surface area contributed by atoms with Crippen LogP contribution in [0.1, 0.15) is 28.1 Å². The molecule has 5 nitrogen and oxygen atoms in total. The molecule has 136 valence electrons. The van der Waals surface area contributed by atoms with Crippen molar-refractivity contribution in [3.8, 4) is 0 Å². The zero-order valence-corrected chi connectivity index (χ0v) is 15.4. The van der Waals surface area contributed by atoms with Gasteiger partial charge >= 0.3 is 0 Å². The Hall–Kier alpha value is -2.44. The number of amides is 2. The second-order valence-electron chi connectivity index (χ2n) is 6.31. The van der Waals surface area contributed by atoms with E-state index in [1.54, 1.807) is 6.07 Å². The molecular formula is C20H23N3O2S. The largest absolute Gasteiger partial charge is 0.300 e. The minimum Gasteiger partial charge on any atom is -0.300 e.